The van der Waals surface area contributed by atoms with Gasteiger partial charge in [-0.1, -0.05) is 0 Å². The Morgan fingerprint density at radius 1 is 1.15 bits per heavy atom. The number of halogens is 4. The molecule has 174 valence electrons. The van der Waals surface area contributed by atoms with E-state index in [4.69, 9.17) is 0 Å². The van der Waals surface area contributed by atoms with Gasteiger partial charge in [0.1, 0.15) is 22.8 Å². The minimum absolute atomic E-state index is 0.0918. The highest BCUT2D eigenvalue weighted by Crippen LogP contribution is 2.30. The SMILES string of the molecule is CCNC(=O)N1C(=O)C(C(=O)Nc2ccc(F)cc2)=C(O)CN1c1ccc(C(F)(F)F)nc1. The fourth-order valence-electron chi connectivity index (χ4n) is 2.93. The predicted molar refractivity (Wildman–Crippen MR) is 107 cm³/mol. The maximum Gasteiger partial charge on any atom is 0.433 e. The molecule has 1 aromatic heterocycles. The van der Waals surface area contributed by atoms with E-state index in [1.165, 1.54) is 12.1 Å². The number of nitrogens with zero attached hydrogens (tertiary/aromatic N) is 3. The zero-order valence-corrected chi connectivity index (χ0v) is 17.0. The summed E-state index contributed by atoms with van der Waals surface area (Å²) in [4.78, 5) is 41.5. The molecule has 1 aromatic carbocycles. The summed E-state index contributed by atoms with van der Waals surface area (Å²) in [5, 5.41) is 16.4. The van der Waals surface area contributed by atoms with Gasteiger partial charge < -0.3 is 15.7 Å². The lowest BCUT2D eigenvalue weighted by molar-refractivity contribution is -0.141. The van der Waals surface area contributed by atoms with Gasteiger partial charge in [-0.3, -0.25) is 14.6 Å². The second-order valence-electron chi connectivity index (χ2n) is 6.69. The van der Waals surface area contributed by atoms with Gasteiger partial charge in [0.2, 0.25) is 0 Å². The number of hydrogen-bond donors (Lipinski definition) is 3. The zero-order chi connectivity index (χ0) is 24.3. The maximum absolute atomic E-state index is 13.1. The minimum atomic E-state index is -4.71. The molecule has 0 bridgehead atoms. The molecule has 0 saturated heterocycles. The minimum Gasteiger partial charge on any atom is -0.509 e. The quantitative estimate of drug-likeness (QED) is 0.471. The Morgan fingerprint density at radius 2 is 1.82 bits per heavy atom. The predicted octanol–water partition coefficient (Wildman–Crippen LogP) is 2.98. The van der Waals surface area contributed by atoms with Crippen LogP contribution in [-0.4, -0.2) is 46.0 Å². The average molecular weight is 467 g/mol. The van der Waals surface area contributed by atoms with Crippen LogP contribution >= 0.6 is 0 Å². The van der Waals surface area contributed by atoms with Crippen LogP contribution in [0.1, 0.15) is 12.6 Å². The van der Waals surface area contributed by atoms with Gasteiger partial charge in [0.05, 0.1) is 18.4 Å². The summed E-state index contributed by atoms with van der Waals surface area (Å²) in [5.41, 5.74) is -1.96. The van der Waals surface area contributed by atoms with Crippen molar-refractivity contribution in [3.05, 3.63) is 65.4 Å². The number of alkyl halides is 3. The summed E-state index contributed by atoms with van der Waals surface area (Å²) in [6, 6.07) is 5.20. The van der Waals surface area contributed by atoms with E-state index >= 15 is 0 Å². The second-order valence-corrected chi connectivity index (χ2v) is 6.69. The molecular weight excluding hydrogens is 450 g/mol. The van der Waals surface area contributed by atoms with Gasteiger partial charge >= 0.3 is 12.2 Å². The molecule has 0 spiro atoms. The van der Waals surface area contributed by atoms with Crippen LogP contribution in [0.2, 0.25) is 0 Å². The Hall–Kier alpha value is -4.16. The number of urea groups is 1. The molecule has 0 saturated carbocycles. The number of nitrogens with one attached hydrogen (secondary N) is 2. The lowest BCUT2D eigenvalue weighted by Gasteiger charge is -2.38. The monoisotopic (exact) mass is 467 g/mol. The van der Waals surface area contributed by atoms with Gasteiger partial charge in [0.15, 0.2) is 0 Å². The molecule has 0 unspecified atom stereocenters. The summed E-state index contributed by atoms with van der Waals surface area (Å²) < 4.78 is 51.5. The molecule has 1 aliphatic rings. The largest absolute Gasteiger partial charge is 0.509 e. The number of aromatic nitrogens is 1. The van der Waals surface area contributed by atoms with Crippen LogP contribution in [0, 0.1) is 5.82 Å². The van der Waals surface area contributed by atoms with E-state index in [0.29, 0.717) is 11.1 Å². The first-order valence-corrected chi connectivity index (χ1v) is 9.45. The van der Waals surface area contributed by atoms with E-state index in [2.05, 4.69) is 15.6 Å². The van der Waals surface area contributed by atoms with Crippen LogP contribution in [0.5, 0.6) is 0 Å². The van der Waals surface area contributed by atoms with Crippen molar-refractivity contribution in [3.63, 3.8) is 0 Å². The van der Waals surface area contributed by atoms with Crippen LogP contribution < -0.4 is 15.6 Å². The molecule has 0 fully saturated rings. The Kier molecular flexibility index (Phi) is 6.51. The average Bonchev–Trinajstić information content (AvgIpc) is 2.74. The van der Waals surface area contributed by atoms with Crippen LogP contribution in [0.4, 0.5) is 33.7 Å². The summed E-state index contributed by atoms with van der Waals surface area (Å²) in [5.74, 6) is -3.60. The highest BCUT2D eigenvalue weighted by molar-refractivity contribution is 6.26. The zero-order valence-electron chi connectivity index (χ0n) is 17.0. The van der Waals surface area contributed by atoms with Crippen molar-refractivity contribution in [2.24, 2.45) is 0 Å². The van der Waals surface area contributed by atoms with Crippen LogP contribution in [-0.2, 0) is 15.8 Å². The maximum atomic E-state index is 13.1. The van der Waals surface area contributed by atoms with Gasteiger partial charge in [0.25, 0.3) is 11.8 Å². The Labute approximate surface area is 184 Å². The standard InChI is InChI=1S/C20H17F4N5O4/c1-2-25-19(33)29-18(32)16(17(31)27-12-5-3-11(21)4-6-12)14(30)10-28(29)13-7-8-15(26-9-13)20(22,23)24/h3-9,30H,2,10H2,1H3,(H,25,33)(H,27,31). The van der Waals surface area contributed by atoms with Crippen molar-refractivity contribution in [2.45, 2.75) is 13.1 Å². The van der Waals surface area contributed by atoms with Crippen molar-refractivity contribution in [1.82, 2.24) is 15.3 Å². The highest BCUT2D eigenvalue weighted by atomic mass is 19.4. The highest BCUT2D eigenvalue weighted by Gasteiger charge is 2.41. The molecule has 0 radical (unpaired) electrons. The van der Waals surface area contributed by atoms with Crippen molar-refractivity contribution >= 4 is 29.2 Å². The molecule has 4 amide bonds. The van der Waals surface area contributed by atoms with Gasteiger partial charge in [-0.15, -0.1) is 0 Å². The number of carbonyl (C=O) groups is 3. The topological polar surface area (TPSA) is 115 Å². The molecule has 2 heterocycles. The van der Waals surface area contributed by atoms with Crippen molar-refractivity contribution in [1.29, 1.82) is 0 Å². The first kappa shape index (κ1) is 23.5. The summed E-state index contributed by atoms with van der Waals surface area (Å²) in [7, 11) is 0. The second kappa shape index (κ2) is 9.14. The number of hydrogen-bond acceptors (Lipinski definition) is 6. The third kappa shape index (κ3) is 5.02. The van der Waals surface area contributed by atoms with Crippen LogP contribution in [0.25, 0.3) is 0 Å². The van der Waals surface area contributed by atoms with Gasteiger partial charge in [-0.25, -0.2) is 14.2 Å². The summed E-state index contributed by atoms with van der Waals surface area (Å²) >= 11 is 0. The number of carbonyl (C=O) groups excluding carboxylic acids is 3. The third-order valence-corrected chi connectivity index (χ3v) is 4.42. The number of aliphatic hydroxyl groups is 1. The molecular formula is C20H17F4N5O4. The Balaban J connectivity index is 1.96. The first-order chi connectivity index (χ1) is 15.5. The molecule has 9 nitrogen and oxygen atoms in total. The number of rotatable bonds is 4. The third-order valence-electron chi connectivity index (χ3n) is 4.42. The van der Waals surface area contributed by atoms with Crippen molar-refractivity contribution in [2.75, 3.05) is 23.4 Å². The van der Waals surface area contributed by atoms with Crippen LogP contribution in [0.15, 0.2) is 53.9 Å². The lowest BCUT2D eigenvalue weighted by atomic mass is 10.1. The normalized spacial score (nSPS) is 14.4. The molecule has 2 aromatic rings. The number of anilines is 2. The number of aliphatic hydroxyl groups excluding tert-OH is 1. The van der Waals surface area contributed by atoms with Gasteiger partial charge in [0, 0.05) is 12.2 Å². The van der Waals surface area contributed by atoms with E-state index in [-0.39, 0.29) is 17.9 Å². The number of imide groups is 1. The molecule has 3 rings (SSSR count). The molecule has 33 heavy (non-hydrogen) atoms. The molecule has 0 aliphatic carbocycles. The van der Waals surface area contributed by atoms with E-state index in [9.17, 15) is 37.1 Å². The van der Waals surface area contributed by atoms with Gasteiger partial charge in [-0.2, -0.15) is 18.2 Å². The van der Waals surface area contributed by atoms with Crippen molar-refractivity contribution < 1.29 is 37.1 Å². The van der Waals surface area contributed by atoms with Crippen molar-refractivity contribution in [3.8, 4) is 0 Å². The number of hydrazine groups is 1. The number of amides is 4. The Morgan fingerprint density at radius 3 is 2.36 bits per heavy atom. The molecule has 13 heteroatoms. The fourth-order valence-corrected chi connectivity index (χ4v) is 2.93. The fraction of sp³-hybridized carbons (Fsp3) is 0.200. The van der Waals surface area contributed by atoms with Crippen LogP contribution in [0.3, 0.4) is 0 Å². The smallest absolute Gasteiger partial charge is 0.433 e. The Bertz CT molecular complexity index is 1100. The molecule has 1 aliphatic heterocycles. The summed E-state index contributed by atoms with van der Waals surface area (Å²) in [6.45, 7) is 1.06. The summed E-state index contributed by atoms with van der Waals surface area (Å²) in [6.07, 6.45) is -3.93. The first-order valence-electron chi connectivity index (χ1n) is 9.45. The number of pyridine rings is 1. The van der Waals surface area contributed by atoms with E-state index in [0.717, 1.165) is 29.4 Å². The van der Waals surface area contributed by atoms with E-state index in [1.54, 1.807) is 6.92 Å². The van der Waals surface area contributed by atoms with E-state index in [1.807, 2.05) is 0 Å². The lowest BCUT2D eigenvalue weighted by Crippen LogP contribution is -2.59. The molecule has 3 N–H and O–H groups in total. The molecule has 0 atom stereocenters. The number of benzene rings is 1. The van der Waals surface area contributed by atoms with E-state index < -0.39 is 53.4 Å². The van der Waals surface area contributed by atoms with Gasteiger partial charge in [-0.05, 0) is 43.3 Å².